The normalized spacial score (nSPS) is 8.77. The third-order valence-electron chi connectivity index (χ3n) is 1.42. The largest absolute Gasteiger partial charge is 0.494 e. The lowest BCUT2D eigenvalue weighted by atomic mass is 10.3. The fraction of sp³-hybridized carbons (Fsp3) is 0.300. The number of rotatable bonds is 2. The van der Waals surface area contributed by atoms with E-state index in [0.29, 0.717) is 5.69 Å². The number of hydrogen-bond acceptors (Lipinski definition) is 2. The van der Waals surface area contributed by atoms with Crippen molar-refractivity contribution >= 4 is 15.9 Å². The van der Waals surface area contributed by atoms with Crippen LogP contribution in [0.4, 0.5) is 0 Å². The Morgan fingerprint density at radius 2 is 2.46 bits per heavy atom. The van der Waals surface area contributed by atoms with Crippen LogP contribution in [0.15, 0.2) is 18.3 Å². The van der Waals surface area contributed by atoms with Crippen LogP contribution in [-0.2, 0) is 0 Å². The van der Waals surface area contributed by atoms with Crippen LogP contribution in [0.5, 0.6) is 5.75 Å². The van der Waals surface area contributed by atoms with Gasteiger partial charge in [-0.3, -0.25) is 0 Å². The van der Waals surface area contributed by atoms with Gasteiger partial charge in [-0.25, -0.2) is 4.98 Å². The number of pyridine rings is 1. The molecule has 1 aromatic heterocycles. The van der Waals surface area contributed by atoms with E-state index in [1.54, 1.807) is 13.3 Å². The van der Waals surface area contributed by atoms with E-state index in [1.165, 1.54) is 0 Å². The van der Waals surface area contributed by atoms with Crippen molar-refractivity contribution in [2.24, 2.45) is 0 Å². The van der Waals surface area contributed by atoms with Crippen molar-refractivity contribution in [3.05, 3.63) is 24.0 Å². The molecule has 0 aliphatic heterocycles. The molecule has 1 aromatic rings. The number of hydrogen-bond donors (Lipinski definition) is 0. The van der Waals surface area contributed by atoms with Gasteiger partial charge in [0.05, 0.1) is 7.11 Å². The molecule has 0 amide bonds. The van der Waals surface area contributed by atoms with Crippen LogP contribution in [0.2, 0.25) is 0 Å². The van der Waals surface area contributed by atoms with Crippen LogP contribution in [0.25, 0.3) is 0 Å². The quantitative estimate of drug-likeness (QED) is 0.584. The lowest BCUT2D eigenvalue weighted by Gasteiger charge is -1.99. The van der Waals surface area contributed by atoms with Crippen molar-refractivity contribution in [2.45, 2.75) is 6.42 Å². The van der Waals surface area contributed by atoms with E-state index in [4.69, 9.17) is 4.74 Å². The summed E-state index contributed by atoms with van der Waals surface area (Å²) in [5.74, 6) is 6.66. The van der Waals surface area contributed by atoms with Crippen molar-refractivity contribution < 1.29 is 4.74 Å². The van der Waals surface area contributed by atoms with Crippen LogP contribution < -0.4 is 4.74 Å². The van der Waals surface area contributed by atoms with Gasteiger partial charge in [0.25, 0.3) is 0 Å². The number of aromatic nitrogens is 1. The van der Waals surface area contributed by atoms with Gasteiger partial charge in [-0.15, -0.1) is 0 Å². The molecule has 2 nitrogen and oxygen atoms in total. The number of nitrogens with zero attached hydrogens (tertiary/aromatic N) is 1. The molecule has 0 spiro atoms. The Labute approximate surface area is 86.5 Å². The Balaban J connectivity index is 2.82. The minimum Gasteiger partial charge on any atom is -0.494 e. The Morgan fingerprint density at radius 3 is 3.15 bits per heavy atom. The molecule has 1 heterocycles. The second kappa shape index (κ2) is 5.60. The van der Waals surface area contributed by atoms with Crippen molar-refractivity contribution in [3.63, 3.8) is 0 Å². The molecular weight excluding hydrogens is 230 g/mol. The zero-order valence-corrected chi connectivity index (χ0v) is 8.97. The molecule has 3 heteroatoms. The summed E-state index contributed by atoms with van der Waals surface area (Å²) in [6.45, 7) is 0. The molecule has 0 atom stereocenters. The van der Waals surface area contributed by atoms with Gasteiger partial charge in [0, 0.05) is 17.9 Å². The summed E-state index contributed by atoms with van der Waals surface area (Å²) in [5.41, 5.74) is 0.700. The van der Waals surface area contributed by atoms with Gasteiger partial charge in [0.1, 0.15) is 0 Å². The average Bonchev–Trinajstić information content (AvgIpc) is 2.19. The summed E-state index contributed by atoms with van der Waals surface area (Å²) in [6, 6.07) is 3.68. The van der Waals surface area contributed by atoms with Crippen LogP contribution in [0.3, 0.4) is 0 Å². The van der Waals surface area contributed by atoms with Crippen LogP contribution in [0, 0.1) is 11.8 Å². The third kappa shape index (κ3) is 3.08. The van der Waals surface area contributed by atoms with E-state index in [-0.39, 0.29) is 0 Å². The molecule has 0 saturated carbocycles. The van der Waals surface area contributed by atoms with E-state index < -0.39 is 0 Å². The maximum absolute atomic E-state index is 5.10. The molecule has 0 aliphatic rings. The van der Waals surface area contributed by atoms with E-state index in [1.807, 2.05) is 12.1 Å². The molecular formula is C10H10BrNO. The van der Waals surface area contributed by atoms with Crippen molar-refractivity contribution in [3.8, 4) is 17.6 Å². The molecule has 0 aromatic carbocycles. The van der Waals surface area contributed by atoms with Crippen molar-refractivity contribution in [1.82, 2.24) is 4.98 Å². The molecule has 1 rings (SSSR count). The first-order chi connectivity index (χ1) is 6.38. The maximum Gasteiger partial charge on any atom is 0.155 e. The monoisotopic (exact) mass is 239 g/mol. The highest BCUT2D eigenvalue weighted by molar-refractivity contribution is 9.09. The second-order valence-corrected chi connectivity index (χ2v) is 3.09. The Bertz CT molecular complexity index is 327. The fourth-order valence-corrected chi connectivity index (χ4v) is 1.04. The Morgan fingerprint density at radius 1 is 1.62 bits per heavy atom. The van der Waals surface area contributed by atoms with Gasteiger partial charge in [0.2, 0.25) is 0 Å². The standard InChI is InChI=1S/C10H10BrNO/c1-13-10-6-4-8-12-9(10)5-2-3-7-11/h4,6,8H,3,7H2,1H3. The second-order valence-electron chi connectivity index (χ2n) is 2.30. The number of methoxy groups -OCH3 is 1. The van der Waals surface area contributed by atoms with Gasteiger partial charge in [-0.1, -0.05) is 21.9 Å². The van der Waals surface area contributed by atoms with Crippen LogP contribution >= 0.6 is 15.9 Å². The van der Waals surface area contributed by atoms with Crippen LogP contribution in [-0.4, -0.2) is 17.4 Å². The van der Waals surface area contributed by atoms with Crippen LogP contribution in [0.1, 0.15) is 12.1 Å². The van der Waals surface area contributed by atoms with Gasteiger partial charge in [0.15, 0.2) is 11.4 Å². The first-order valence-corrected chi connectivity index (χ1v) is 5.04. The van der Waals surface area contributed by atoms with Gasteiger partial charge in [-0.05, 0) is 18.1 Å². The SMILES string of the molecule is COc1cccnc1C#CCCBr. The minimum absolute atomic E-state index is 0.700. The summed E-state index contributed by atoms with van der Waals surface area (Å²) in [6.07, 6.45) is 2.53. The molecule has 0 saturated heterocycles. The smallest absolute Gasteiger partial charge is 0.155 e. The molecule has 13 heavy (non-hydrogen) atoms. The van der Waals surface area contributed by atoms with Gasteiger partial charge in [-0.2, -0.15) is 0 Å². The highest BCUT2D eigenvalue weighted by atomic mass is 79.9. The molecule has 0 bridgehead atoms. The average molecular weight is 240 g/mol. The predicted molar refractivity (Wildman–Crippen MR) is 56.1 cm³/mol. The Kier molecular flexibility index (Phi) is 4.34. The van der Waals surface area contributed by atoms with E-state index in [9.17, 15) is 0 Å². The first kappa shape index (κ1) is 10.1. The maximum atomic E-state index is 5.10. The van der Waals surface area contributed by atoms with E-state index >= 15 is 0 Å². The zero-order chi connectivity index (χ0) is 9.52. The van der Waals surface area contributed by atoms with Gasteiger partial charge < -0.3 is 4.74 Å². The molecule has 68 valence electrons. The molecule has 0 fully saturated rings. The predicted octanol–water partition coefficient (Wildman–Crippen LogP) is 2.23. The van der Waals surface area contributed by atoms with Crippen molar-refractivity contribution in [2.75, 3.05) is 12.4 Å². The highest BCUT2D eigenvalue weighted by Gasteiger charge is 1.97. The zero-order valence-electron chi connectivity index (χ0n) is 7.38. The van der Waals surface area contributed by atoms with Gasteiger partial charge >= 0.3 is 0 Å². The topological polar surface area (TPSA) is 22.1 Å². The molecule has 0 radical (unpaired) electrons. The third-order valence-corrected chi connectivity index (χ3v) is 1.81. The summed E-state index contributed by atoms with van der Waals surface area (Å²) in [7, 11) is 1.62. The van der Waals surface area contributed by atoms with E-state index in [2.05, 4.69) is 32.8 Å². The highest BCUT2D eigenvalue weighted by Crippen LogP contribution is 2.12. The first-order valence-electron chi connectivity index (χ1n) is 3.92. The number of ether oxygens (including phenoxy) is 1. The Hall–Kier alpha value is -1.01. The minimum atomic E-state index is 0.700. The lowest BCUT2D eigenvalue weighted by Crippen LogP contribution is -1.89. The molecule has 0 unspecified atom stereocenters. The molecule has 0 N–H and O–H groups in total. The summed E-state index contributed by atoms with van der Waals surface area (Å²) >= 11 is 3.30. The lowest BCUT2D eigenvalue weighted by molar-refractivity contribution is 0.411. The van der Waals surface area contributed by atoms with E-state index in [0.717, 1.165) is 17.5 Å². The van der Waals surface area contributed by atoms with Crippen molar-refractivity contribution in [1.29, 1.82) is 0 Å². The summed E-state index contributed by atoms with van der Waals surface area (Å²) in [4.78, 5) is 4.11. The number of halogens is 1. The molecule has 0 aliphatic carbocycles. The summed E-state index contributed by atoms with van der Waals surface area (Å²) < 4.78 is 5.10. The fourth-order valence-electron chi connectivity index (χ4n) is 0.843. The number of alkyl halides is 1. The summed E-state index contributed by atoms with van der Waals surface area (Å²) in [5, 5.41) is 0.884.